The van der Waals surface area contributed by atoms with Gasteiger partial charge in [-0.05, 0) is 13.3 Å². The summed E-state index contributed by atoms with van der Waals surface area (Å²) in [6.45, 7) is 6.82. The van der Waals surface area contributed by atoms with Crippen LogP contribution in [0.25, 0.3) is 0 Å². The van der Waals surface area contributed by atoms with Crippen molar-refractivity contribution in [3.63, 3.8) is 0 Å². The van der Waals surface area contributed by atoms with Gasteiger partial charge in [-0.2, -0.15) is 0 Å². The van der Waals surface area contributed by atoms with E-state index in [1.54, 1.807) is 6.92 Å². The van der Waals surface area contributed by atoms with Crippen molar-refractivity contribution in [2.45, 2.75) is 44.2 Å². The van der Waals surface area contributed by atoms with Crippen LogP contribution in [0, 0.1) is 17.8 Å². The van der Waals surface area contributed by atoms with Crippen molar-refractivity contribution in [2.24, 2.45) is 23.5 Å². The monoisotopic (exact) mass is 545 g/mol. The fourth-order valence-corrected chi connectivity index (χ4v) is 7.50. The highest BCUT2D eigenvalue weighted by atomic mass is 35.5. The van der Waals surface area contributed by atoms with Crippen LogP contribution in [0.5, 0.6) is 0 Å². The normalized spacial score (nSPS) is 35.0. The summed E-state index contributed by atoms with van der Waals surface area (Å²) in [5.74, 6) is -3.15. The number of halogens is 1. The van der Waals surface area contributed by atoms with Gasteiger partial charge in [-0.25, -0.2) is 0 Å². The summed E-state index contributed by atoms with van der Waals surface area (Å²) >= 11 is 1.35. The number of carboxylic acid groups (broad SMARTS) is 1. The zero-order chi connectivity index (χ0) is 25.7. The number of rotatable bonds is 7. The molecule has 0 saturated carbocycles. The molecule has 3 fully saturated rings. The molecule has 4 N–H and O–H groups in total. The van der Waals surface area contributed by atoms with E-state index in [0.29, 0.717) is 42.0 Å². The fraction of sp³-hybridized carbons (Fsp3) is 0.739. The molecule has 202 valence electrons. The first-order chi connectivity index (χ1) is 16.4. The zero-order valence-electron chi connectivity index (χ0n) is 20.8. The lowest BCUT2D eigenvalue weighted by Gasteiger charge is -2.47. The number of nitrogens with zero attached hydrogens (tertiary/aromatic N) is 3. The minimum atomic E-state index is -1.40. The topological polar surface area (TPSA) is 156 Å². The van der Waals surface area contributed by atoms with Gasteiger partial charge in [-0.15, -0.1) is 24.2 Å². The van der Waals surface area contributed by atoms with Crippen LogP contribution in [0.15, 0.2) is 10.6 Å². The van der Waals surface area contributed by atoms with Crippen LogP contribution < -0.4 is 16.2 Å². The minimum Gasteiger partial charge on any atom is -0.543 e. The Bertz CT molecular complexity index is 963. The SMILES string of the molecule is C[C@@H](O)[C@H]1C(=O)N2C(C(=O)[O-])=C(S[C@H]3C[C@@H](C(=O)N4CCC[N+](C)(CC(N)=O)CC4)CN3)[C@H](C)[C@H]12.Cl. The van der Waals surface area contributed by atoms with E-state index in [4.69, 9.17) is 5.73 Å². The maximum atomic E-state index is 13.3. The number of aliphatic carboxylic acids is 1. The average Bonchev–Trinajstić information content (AvgIpc) is 3.25. The van der Waals surface area contributed by atoms with Crippen molar-refractivity contribution in [3.05, 3.63) is 10.6 Å². The standard InChI is InChI=1S/C23H35N5O6S.ClH/c1-12-18-17(13(2)29)22(32)27(18)19(23(33)34)20(12)35-16-9-14(10-25-16)21(31)26-5-4-7-28(3,8-6-26)11-15(24)30;/h12-14,16-18,25,29H,4-11H2,1-3H3,(H2-,24,30,33,34);1H/t12-,13-,14-,16+,17-,18-,28?;/m1./s1. The van der Waals surface area contributed by atoms with Crippen LogP contribution in [0.4, 0.5) is 0 Å². The van der Waals surface area contributed by atoms with Crippen molar-refractivity contribution in [2.75, 3.05) is 46.3 Å². The molecule has 4 aliphatic rings. The zero-order valence-corrected chi connectivity index (χ0v) is 22.5. The Balaban J connectivity index is 0.00000361. The largest absolute Gasteiger partial charge is 0.543 e. The van der Waals surface area contributed by atoms with Crippen LogP contribution in [-0.4, -0.2) is 107 Å². The van der Waals surface area contributed by atoms with Gasteiger partial charge in [0.1, 0.15) is 0 Å². The number of nitrogens with one attached hydrogen (secondary N) is 1. The molecule has 3 saturated heterocycles. The molecule has 1 unspecified atom stereocenters. The number of fused-ring (bicyclic) bond motifs is 1. The van der Waals surface area contributed by atoms with Gasteiger partial charge in [0.15, 0.2) is 6.54 Å². The van der Waals surface area contributed by atoms with Crippen molar-refractivity contribution in [1.82, 2.24) is 15.1 Å². The highest BCUT2D eigenvalue weighted by Crippen LogP contribution is 2.51. The van der Waals surface area contributed by atoms with Gasteiger partial charge in [-0.3, -0.25) is 14.4 Å². The third-order valence-electron chi connectivity index (χ3n) is 7.90. The second-order valence-corrected chi connectivity index (χ2v) is 11.8. The number of thioether (sulfide) groups is 1. The van der Waals surface area contributed by atoms with Crippen LogP contribution in [0.2, 0.25) is 0 Å². The summed E-state index contributed by atoms with van der Waals surface area (Å²) in [6, 6.07) is -0.387. The molecular formula is C23H36ClN5O6S. The molecule has 0 aliphatic carbocycles. The molecule has 4 rings (SSSR count). The van der Waals surface area contributed by atoms with E-state index >= 15 is 0 Å². The number of aliphatic hydroxyl groups is 1. The molecule has 0 aromatic rings. The number of quaternary nitrogens is 1. The smallest absolute Gasteiger partial charge is 0.272 e. The number of carboxylic acids is 1. The molecule has 0 radical (unpaired) electrons. The maximum Gasteiger partial charge on any atom is 0.272 e. The van der Waals surface area contributed by atoms with Crippen molar-refractivity contribution < 1.29 is 33.9 Å². The predicted molar refractivity (Wildman–Crippen MR) is 133 cm³/mol. The number of β-lactam (4-membered cyclic amide) rings is 1. The van der Waals surface area contributed by atoms with Crippen molar-refractivity contribution in [1.29, 1.82) is 0 Å². The van der Waals surface area contributed by atoms with E-state index in [2.05, 4.69) is 5.32 Å². The van der Waals surface area contributed by atoms with Gasteiger partial charge < -0.3 is 40.3 Å². The average molecular weight is 546 g/mol. The lowest BCUT2D eigenvalue weighted by Crippen LogP contribution is -2.64. The molecular weight excluding hydrogens is 510 g/mol. The summed E-state index contributed by atoms with van der Waals surface area (Å²) in [5, 5.41) is 25.1. The van der Waals surface area contributed by atoms with Crippen LogP contribution in [-0.2, 0) is 19.2 Å². The second-order valence-electron chi connectivity index (χ2n) is 10.6. The molecule has 3 amide bonds. The molecule has 0 bridgehead atoms. The molecule has 4 aliphatic heterocycles. The van der Waals surface area contributed by atoms with Gasteiger partial charge in [0.05, 0.1) is 67.7 Å². The fourth-order valence-electron chi connectivity index (χ4n) is 6.04. The molecule has 36 heavy (non-hydrogen) atoms. The second kappa shape index (κ2) is 10.9. The number of hydrogen-bond acceptors (Lipinski definition) is 8. The summed E-state index contributed by atoms with van der Waals surface area (Å²) in [5.41, 5.74) is 5.29. The van der Waals surface area contributed by atoms with Gasteiger partial charge in [0, 0.05) is 30.3 Å². The van der Waals surface area contributed by atoms with E-state index in [1.165, 1.54) is 16.7 Å². The molecule has 0 spiro atoms. The van der Waals surface area contributed by atoms with Gasteiger partial charge in [0.25, 0.3) is 5.91 Å². The van der Waals surface area contributed by atoms with Crippen molar-refractivity contribution >= 4 is 47.9 Å². The third-order valence-corrected chi connectivity index (χ3v) is 9.36. The first-order valence-corrected chi connectivity index (χ1v) is 13.1. The number of carbonyl (C=O) groups excluding carboxylic acids is 4. The quantitative estimate of drug-likeness (QED) is 0.246. The minimum absolute atomic E-state index is 0. The first-order valence-electron chi connectivity index (χ1n) is 12.2. The number of carbonyl (C=O) groups is 4. The van der Waals surface area contributed by atoms with E-state index in [1.807, 2.05) is 18.9 Å². The van der Waals surface area contributed by atoms with E-state index in [0.717, 1.165) is 13.0 Å². The lowest BCUT2D eigenvalue weighted by molar-refractivity contribution is -0.899. The van der Waals surface area contributed by atoms with Gasteiger partial charge in [-0.1, -0.05) is 6.92 Å². The van der Waals surface area contributed by atoms with Gasteiger partial charge in [0.2, 0.25) is 11.8 Å². The Kier molecular flexibility index (Phi) is 8.66. The Morgan fingerprint density at radius 3 is 2.61 bits per heavy atom. The maximum absolute atomic E-state index is 13.3. The van der Waals surface area contributed by atoms with E-state index in [9.17, 15) is 29.4 Å². The molecule has 11 nitrogen and oxygen atoms in total. The van der Waals surface area contributed by atoms with Crippen LogP contribution >= 0.6 is 24.2 Å². The number of hydrogen-bond donors (Lipinski definition) is 3. The molecule has 7 atom stereocenters. The van der Waals surface area contributed by atoms with Crippen LogP contribution in [0.3, 0.4) is 0 Å². The first kappa shape index (κ1) is 28.7. The Morgan fingerprint density at radius 1 is 1.31 bits per heavy atom. The summed E-state index contributed by atoms with van der Waals surface area (Å²) in [6.07, 6.45) is 0.480. The lowest BCUT2D eigenvalue weighted by atomic mass is 9.79. The van der Waals surface area contributed by atoms with Crippen molar-refractivity contribution in [3.8, 4) is 0 Å². The highest BCUT2D eigenvalue weighted by molar-refractivity contribution is 8.03. The number of nitrogens with two attached hydrogens (primary N) is 1. The number of likely N-dealkylation sites (N-methyl/N-ethyl adjacent to an activating group) is 1. The summed E-state index contributed by atoms with van der Waals surface area (Å²) in [4.78, 5) is 52.8. The summed E-state index contributed by atoms with van der Waals surface area (Å²) in [7, 11) is 1.99. The number of primary amides is 1. The molecule has 13 heteroatoms. The summed E-state index contributed by atoms with van der Waals surface area (Å²) < 4.78 is 0.530. The Labute approximate surface area is 221 Å². The molecule has 4 heterocycles. The third kappa shape index (κ3) is 5.24. The van der Waals surface area contributed by atoms with Crippen LogP contribution in [0.1, 0.15) is 26.7 Å². The number of amides is 3. The molecule has 0 aromatic carbocycles. The predicted octanol–water partition coefficient (Wildman–Crippen LogP) is -1.94. The highest BCUT2D eigenvalue weighted by Gasteiger charge is 2.59. The molecule has 0 aromatic heterocycles. The van der Waals surface area contributed by atoms with Gasteiger partial charge >= 0.3 is 0 Å². The van der Waals surface area contributed by atoms with E-state index in [-0.39, 0.29) is 65.6 Å². The Morgan fingerprint density at radius 2 is 2.00 bits per heavy atom. The van der Waals surface area contributed by atoms with E-state index < -0.39 is 18.0 Å². The number of aliphatic hydroxyl groups excluding tert-OH is 1. The Hall–Kier alpha value is -1.86.